The Hall–Kier alpha value is -3.26. The average molecular weight is 495 g/mol. The Balaban J connectivity index is 1.30. The highest BCUT2D eigenvalue weighted by molar-refractivity contribution is 5.99. The highest BCUT2D eigenvalue weighted by Gasteiger charge is 2.28. The van der Waals surface area contributed by atoms with Crippen molar-refractivity contribution >= 4 is 22.7 Å². The van der Waals surface area contributed by atoms with E-state index in [2.05, 4.69) is 23.7 Å². The van der Waals surface area contributed by atoms with Gasteiger partial charge in [-0.25, -0.2) is 8.78 Å². The monoisotopic (exact) mass is 494 g/mol. The van der Waals surface area contributed by atoms with E-state index in [9.17, 15) is 18.4 Å². The van der Waals surface area contributed by atoms with Crippen molar-refractivity contribution in [2.24, 2.45) is 0 Å². The van der Waals surface area contributed by atoms with Gasteiger partial charge in [0.15, 0.2) is 11.6 Å². The van der Waals surface area contributed by atoms with Crippen LogP contribution in [0.3, 0.4) is 0 Å². The fraction of sp³-hybridized carbons (Fsp3) is 0.429. The van der Waals surface area contributed by atoms with E-state index in [1.165, 1.54) is 6.07 Å². The molecule has 2 aliphatic heterocycles. The molecule has 6 nitrogen and oxygen atoms in total. The van der Waals surface area contributed by atoms with Gasteiger partial charge >= 0.3 is 0 Å². The number of piperidine rings is 1. The predicted octanol–water partition coefficient (Wildman–Crippen LogP) is 4.63. The molecule has 5 rings (SSSR count). The van der Waals surface area contributed by atoms with Gasteiger partial charge in [-0.2, -0.15) is 0 Å². The van der Waals surface area contributed by atoms with Crippen LogP contribution in [0, 0.1) is 11.6 Å². The van der Waals surface area contributed by atoms with Crippen molar-refractivity contribution < 1.29 is 18.4 Å². The molecular weight excluding hydrogens is 462 g/mol. The van der Waals surface area contributed by atoms with Crippen LogP contribution in [0.5, 0.6) is 0 Å². The summed E-state index contributed by atoms with van der Waals surface area (Å²) in [6.45, 7) is 8.69. The minimum atomic E-state index is -1.02. The van der Waals surface area contributed by atoms with Gasteiger partial charge in [-0.15, -0.1) is 0 Å². The molecular formula is C28H32F2N4O2. The van der Waals surface area contributed by atoms with E-state index in [0.29, 0.717) is 24.7 Å². The van der Waals surface area contributed by atoms with Crippen molar-refractivity contribution in [1.82, 2.24) is 19.7 Å². The summed E-state index contributed by atoms with van der Waals surface area (Å²) < 4.78 is 27.0. The van der Waals surface area contributed by atoms with Crippen LogP contribution in [0.1, 0.15) is 58.9 Å². The largest absolute Gasteiger partial charge is 0.361 e. The third kappa shape index (κ3) is 4.74. The Kier molecular flexibility index (Phi) is 6.79. The summed E-state index contributed by atoms with van der Waals surface area (Å²) in [5.74, 6) is -2.09. The number of aromatic nitrogens is 1. The molecule has 0 spiro atoms. The minimum Gasteiger partial charge on any atom is -0.361 e. The van der Waals surface area contributed by atoms with Crippen LogP contribution >= 0.6 is 0 Å². The topological polar surface area (TPSA) is 59.6 Å². The summed E-state index contributed by atoms with van der Waals surface area (Å²) in [6.07, 6.45) is 3.72. The van der Waals surface area contributed by atoms with Crippen molar-refractivity contribution in [1.29, 1.82) is 0 Å². The third-order valence-electron chi connectivity index (χ3n) is 7.61. The Morgan fingerprint density at radius 2 is 1.58 bits per heavy atom. The van der Waals surface area contributed by atoms with Crippen LogP contribution in [0.4, 0.5) is 8.78 Å². The molecule has 8 heteroatoms. The molecule has 1 unspecified atom stereocenters. The summed E-state index contributed by atoms with van der Waals surface area (Å²) in [6, 6.07) is 9.58. The molecule has 1 N–H and O–H groups in total. The molecule has 2 fully saturated rings. The molecule has 0 bridgehead atoms. The predicted molar refractivity (Wildman–Crippen MR) is 135 cm³/mol. The molecule has 0 radical (unpaired) electrons. The molecule has 0 saturated carbocycles. The number of H-pyrrole nitrogens is 1. The van der Waals surface area contributed by atoms with E-state index < -0.39 is 11.6 Å². The number of carbonyl (C=O) groups excluding carboxylic acids is 2. The fourth-order valence-corrected chi connectivity index (χ4v) is 5.47. The second kappa shape index (κ2) is 10.0. The van der Waals surface area contributed by atoms with E-state index in [-0.39, 0.29) is 23.3 Å². The number of fused-ring (bicyclic) bond motifs is 1. The van der Waals surface area contributed by atoms with Gasteiger partial charge in [0.25, 0.3) is 11.8 Å². The zero-order chi connectivity index (χ0) is 25.4. The Labute approximate surface area is 209 Å². The van der Waals surface area contributed by atoms with E-state index >= 15 is 0 Å². The number of rotatable bonds is 4. The van der Waals surface area contributed by atoms with Crippen molar-refractivity contribution in [2.45, 2.75) is 38.6 Å². The smallest absolute Gasteiger partial charge is 0.254 e. The van der Waals surface area contributed by atoms with Gasteiger partial charge in [-0.3, -0.25) is 14.5 Å². The zero-order valence-corrected chi connectivity index (χ0v) is 20.8. The molecule has 190 valence electrons. The maximum atomic E-state index is 13.7. The van der Waals surface area contributed by atoms with Crippen LogP contribution < -0.4 is 0 Å². The summed E-state index contributed by atoms with van der Waals surface area (Å²) in [5, 5.41) is 1.04. The molecule has 36 heavy (non-hydrogen) atoms. The fourth-order valence-electron chi connectivity index (χ4n) is 5.47. The second-order valence-electron chi connectivity index (χ2n) is 10.1. The molecule has 2 amide bonds. The first kappa shape index (κ1) is 24.4. The normalized spacial score (nSPS) is 19.3. The van der Waals surface area contributed by atoms with Gasteiger partial charge in [0.2, 0.25) is 0 Å². The first-order chi connectivity index (χ1) is 17.3. The van der Waals surface area contributed by atoms with Gasteiger partial charge in [-0.1, -0.05) is 6.07 Å². The number of amides is 2. The third-order valence-corrected chi connectivity index (χ3v) is 7.61. The van der Waals surface area contributed by atoms with Gasteiger partial charge in [0, 0.05) is 79.5 Å². The van der Waals surface area contributed by atoms with Crippen LogP contribution in [0.25, 0.3) is 10.9 Å². The summed E-state index contributed by atoms with van der Waals surface area (Å²) in [7, 11) is 0. The van der Waals surface area contributed by atoms with Gasteiger partial charge in [0.05, 0.1) is 0 Å². The number of nitrogens with zero attached hydrogens (tertiary/aromatic N) is 3. The minimum absolute atomic E-state index is 0.0532. The summed E-state index contributed by atoms with van der Waals surface area (Å²) in [4.78, 5) is 35.4. The maximum Gasteiger partial charge on any atom is 0.254 e. The number of likely N-dealkylation sites (tertiary alicyclic amines) is 1. The summed E-state index contributed by atoms with van der Waals surface area (Å²) >= 11 is 0. The van der Waals surface area contributed by atoms with Gasteiger partial charge in [0.1, 0.15) is 0 Å². The van der Waals surface area contributed by atoms with Crippen LogP contribution in [0.2, 0.25) is 0 Å². The Morgan fingerprint density at radius 1 is 0.889 bits per heavy atom. The number of aromatic amines is 1. The lowest BCUT2D eigenvalue weighted by Crippen LogP contribution is -2.50. The first-order valence-corrected chi connectivity index (χ1v) is 12.7. The van der Waals surface area contributed by atoms with Crippen molar-refractivity contribution in [2.75, 3.05) is 39.3 Å². The lowest BCUT2D eigenvalue weighted by atomic mass is 9.89. The maximum absolute atomic E-state index is 13.7. The molecule has 3 aromatic rings. The molecule has 0 aliphatic carbocycles. The van der Waals surface area contributed by atoms with E-state index in [1.807, 2.05) is 29.3 Å². The highest BCUT2D eigenvalue weighted by atomic mass is 19.2. The zero-order valence-electron chi connectivity index (χ0n) is 20.8. The van der Waals surface area contributed by atoms with E-state index in [1.54, 1.807) is 4.90 Å². The van der Waals surface area contributed by atoms with Crippen LogP contribution in [-0.2, 0) is 0 Å². The SMILES string of the molecule is CC(C)N1CCN(C(=O)c2ccc3c(C4CCCN(C(=O)c5ccc(F)c(F)c5)C4)c[nH]c3c2)CC1. The number of carbonyl (C=O) groups is 2. The number of piperazine rings is 1. The number of hydrogen-bond donors (Lipinski definition) is 1. The molecule has 2 saturated heterocycles. The lowest BCUT2D eigenvalue weighted by molar-refractivity contribution is 0.0595. The number of nitrogens with one attached hydrogen (secondary N) is 1. The Morgan fingerprint density at radius 3 is 2.31 bits per heavy atom. The quantitative estimate of drug-likeness (QED) is 0.575. The summed E-state index contributed by atoms with van der Waals surface area (Å²) in [5.41, 5.74) is 2.84. The van der Waals surface area contributed by atoms with Crippen molar-refractivity contribution in [3.05, 3.63) is 70.9 Å². The molecule has 3 heterocycles. The van der Waals surface area contributed by atoms with Gasteiger partial charge in [-0.05, 0) is 62.6 Å². The van der Waals surface area contributed by atoms with E-state index in [4.69, 9.17) is 0 Å². The Bertz CT molecular complexity index is 1280. The number of hydrogen-bond acceptors (Lipinski definition) is 3. The number of halogens is 2. The van der Waals surface area contributed by atoms with Crippen molar-refractivity contribution in [3.8, 4) is 0 Å². The van der Waals surface area contributed by atoms with Gasteiger partial charge < -0.3 is 14.8 Å². The lowest BCUT2D eigenvalue weighted by Gasteiger charge is -2.37. The first-order valence-electron chi connectivity index (χ1n) is 12.7. The second-order valence-corrected chi connectivity index (χ2v) is 10.1. The highest BCUT2D eigenvalue weighted by Crippen LogP contribution is 2.33. The van der Waals surface area contributed by atoms with Crippen molar-refractivity contribution in [3.63, 3.8) is 0 Å². The van der Waals surface area contributed by atoms with Crippen LogP contribution in [-0.4, -0.2) is 76.8 Å². The standard InChI is InChI=1S/C28H32F2N4O2/c1-18(2)32-10-12-33(13-11-32)27(35)20-5-7-22-23(16-31-26(22)15-20)21-4-3-9-34(17-21)28(36)19-6-8-24(29)25(30)14-19/h5-8,14-16,18,21,31H,3-4,9-13,17H2,1-2H3. The number of benzene rings is 2. The molecule has 1 atom stereocenters. The van der Waals surface area contributed by atoms with E-state index in [0.717, 1.165) is 67.6 Å². The molecule has 2 aliphatic rings. The molecule has 2 aromatic carbocycles. The molecule has 1 aromatic heterocycles. The van der Waals surface area contributed by atoms with Crippen LogP contribution in [0.15, 0.2) is 42.6 Å². The average Bonchev–Trinajstić information content (AvgIpc) is 3.33.